The Morgan fingerprint density at radius 2 is 0.806 bits per heavy atom. The molecule has 0 unspecified atom stereocenters. The number of para-hydroxylation sites is 2. The van der Waals surface area contributed by atoms with E-state index in [2.05, 4.69) is 12.1 Å². The van der Waals surface area contributed by atoms with Crippen LogP contribution in [0.2, 0.25) is 0 Å². The molecular formula is C30H14N4O2. The average Bonchev–Trinajstić information content (AvgIpc) is 3.48. The van der Waals surface area contributed by atoms with Crippen LogP contribution in [0.15, 0.2) is 93.8 Å². The summed E-state index contributed by atoms with van der Waals surface area (Å²) in [6.07, 6.45) is 0. The van der Waals surface area contributed by atoms with Crippen LogP contribution in [0.5, 0.6) is 0 Å². The maximum atomic E-state index is 6.47. The van der Waals surface area contributed by atoms with Crippen molar-refractivity contribution in [2.24, 2.45) is 0 Å². The molecule has 9 rings (SSSR count). The van der Waals surface area contributed by atoms with E-state index in [9.17, 15) is 0 Å². The molecule has 9 aromatic rings. The number of hydrogen-bond acceptors (Lipinski definition) is 6. The van der Waals surface area contributed by atoms with Gasteiger partial charge >= 0.3 is 0 Å². The molecule has 0 N–H and O–H groups in total. The summed E-state index contributed by atoms with van der Waals surface area (Å²) in [7, 11) is 0. The van der Waals surface area contributed by atoms with Crippen molar-refractivity contribution in [2.45, 2.75) is 0 Å². The van der Waals surface area contributed by atoms with E-state index in [1.54, 1.807) is 0 Å². The van der Waals surface area contributed by atoms with Crippen molar-refractivity contribution < 1.29 is 8.83 Å². The van der Waals surface area contributed by atoms with E-state index in [-0.39, 0.29) is 0 Å². The fraction of sp³-hybridized carbons (Fsp3) is 0. The monoisotopic (exact) mass is 462 g/mol. The normalized spacial score (nSPS) is 12.4. The molecule has 0 aliphatic heterocycles. The molecule has 0 radical (unpaired) electrons. The standard InChI is InChI=1S/C30H14N4O2/c1-3-7-17-15(5-1)27-19(31-17)9-11-21-29(27)35-25-13-24-26(14-23(25)33-21)36-30-22(34-24)12-10-20-28(30)16-6-2-4-8-18(16)32-20/h1-14H. The second-order valence-corrected chi connectivity index (χ2v) is 9.09. The van der Waals surface area contributed by atoms with Crippen LogP contribution >= 0.6 is 0 Å². The highest BCUT2D eigenvalue weighted by Gasteiger charge is 2.16. The lowest BCUT2D eigenvalue weighted by molar-refractivity contribution is 0.652. The van der Waals surface area contributed by atoms with Crippen LogP contribution in [0.4, 0.5) is 0 Å². The largest absolute Gasteiger partial charge is 0.452 e. The highest BCUT2D eigenvalue weighted by Crippen LogP contribution is 2.36. The molecular weight excluding hydrogens is 448 g/mol. The van der Waals surface area contributed by atoms with Gasteiger partial charge in [-0.15, -0.1) is 0 Å². The van der Waals surface area contributed by atoms with Gasteiger partial charge in [0.2, 0.25) is 0 Å². The van der Waals surface area contributed by atoms with Crippen LogP contribution in [-0.4, -0.2) is 19.9 Å². The van der Waals surface area contributed by atoms with Crippen LogP contribution in [-0.2, 0) is 0 Å². The van der Waals surface area contributed by atoms with E-state index < -0.39 is 0 Å². The topological polar surface area (TPSA) is 77.8 Å². The highest BCUT2D eigenvalue weighted by atomic mass is 16.3. The molecule has 6 heteroatoms. The van der Waals surface area contributed by atoms with Crippen molar-refractivity contribution in [1.29, 1.82) is 0 Å². The zero-order valence-corrected chi connectivity index (χ0v) is 18.7. The van der Waals surface area contributed by atoms with E-state index in [1.807, 2.05) is 72.8 Å². The first-order chi connectivity index (χ1) is 17.8. The van der Waals surface area contributed by atoms with Gasteiger partial charge in [-0.05, 0) is 36.4 Å². The van der Waals surface area contributed by atoms with Gasteiger partial charge in [-0.2, -0.15) is 0 Å². The van der Waals surface area contributed by atoms with Crippen LogP contribution in [0.3, 0.4) is 0 Å². The van der Waals surface area contributed by atoms with Gasteiger partial charge in [-0.3, -0.25) is 0 Å². The van der Waals surface area contributed by atoms with Gasteiger partial charge < -0.3 is 8.83 Å². The summed E-state index contributed by atoms with van der Waals surface area (Å²) in [6.45, 7) is 0. The Balaban J connectivity index is 1.38. The minimum absolute atomic E-state index is 0.649. The molecule has 0 amide bonds. The molecule has 0 fully saturated rings. The summed E-state index contributed by atoms with van der Waals surface area (Å²) < 4.78 is 12.9. The van der Waals surface area contributed by atoms with Crippen molar-refractivity contribution >= 4 is 88.0 Å². The van der Waals surface area contributed by atoms with Crippen LogP contribution in [0.25, 0.3) is 88.0 Å². The lowest BCUT2D eigenvalue weighted by Gasteiger charge is -2.06. The number of nitrogens with zero attached hydrogens (tertiary/aromatic N) is 4. The zero-order chi connectivity index (χ0) is 23.4. The minimum atomic E-state index is 0.649. The molecule has 0 saturated carbocycles. The SMILES string of the molecule is c1ccc2c(c1)nc1ccc3nc4cc5oc6c(ccc7nc8ccccc8c76)nc5cc4oc3c12. The second kappa shape index (κ2) is 6.31. The second-order valence-electron chi connectivity index (χ2n) is 9.09. The Morgan fingerprint density at radius 3 is 1.31 bits per heavy atom. The quantitative estimate of drug-likeness (QED) is 0.215. The summed E-state index contributed by atoms with van der Waals surface area (Å²) in [4.78, 5) is 19.4. The number of fused-ring (bicyclic) bond motifs is 12. The molecule has 0 atom stereocenters. The average molecular weight is 462 g/mol. The lowest BCUT2D eigenvalue weighted by atomic mass is 10.1. The van der Waals surface area contributed by atoms with Gasteiger partial charge in [0.1, 0.15) is 22.1 Å². The number of aromatic nitrogens is 4. The molecule has 4 aromatic heterocycles. The minimum Gasteiger partial charge on any atom is -0.452 e. The Kier molecular flexibility index (Phi) is 3.20. The van der Waals surface area contributed by atoms with E-state index in [1.165, 1.54) is 0 Å². The van der Waals surface area contributed by atoms with Crippen LogP contribution in [0, 0.1) is 0 Å². The smallest absolute Gasteiger partial charge is 0.163 e. The van der Waals surface area contributed by atoms with Crippen LogP contribution < -0.4 is 0 Å². The molecule has 0 aliphatic rings. The van der Waals surface area contributed by atoms with Gasteiger partial charge in [0.15, 0.2) is 22.3 Å². The molecule has 166 valence electrons. The molecule has 5 aromatic carbocycles. The van der Waals surface area contributed by atoms with Crippen molar-refractivity contribution in [1.82, 2.24) is 19.9 Å². The fourth-order valence-electron chi connectivity index (χ4n) is 5.39. The number of benzene rings is 5. The molecule has 0 saturated heterocycles. The lowest BCUT2D eigenvalue weighted by Crippen LogP contribution is -1.88. The summed E-state index contributed by atoms with van der Waals surface area (Å²) >= 11 is 0. The molecule has 0 aliphatic carbocycles. The van der Waals surface area contributed by atoms with Crippen molar-refractivity contribution in [2.75, 3.05) is 0 Å². The number of rotatable bonds is 0. The molecule has 0 spiro atoms. The van der Waals surface area contributed by atoms with Gasteiger partial charge in [0, 0.05) is 22.9 Å². The first kappa shape index (κ1) is 18.3. The summed E-state index contributed by atoms with van der Waals surface area (Å²) in [6, 6.07) is 27.9. The third-order valence-electron chi connectivity index (χ3n) is 7.00. The Bertz CT molecular complexity index is 2210. The van der Waals surface area contributed by atoms with E-state index in [0.29, 0.717) is 22.2 Å². The van der Waals surface area contributed by atoms with Crippen molar-refractivity contribution in [3.63, 3.8) is 0 Å². The van der Waals surface area contributed by atoms with Gasteiger partial charge in [0.25, 0.3) is 0 Å². The van der Waals surface area contributed by atoms with E-state index in [0.717, 1.165) is 65.8 Å². The third kappa shape index (κ3) is 2.30. The van der Waals surface area contributed by atoms with Crippen molar-refractivity contribution in [3.05, 3.63) is 84.9 Å². The first-order valence-electron chi connectivity index (χ1n) is 11.7. The van der Waals surface area contributed by atoms with Crippen molar-refractivity contribution in [3.8, 4) is 0 Å². The summed E-state index contributed by atoms with van der Waals surface area (Å²) in [5.74, 6) is 0. The predicted octanol–water partition coefficient (Wildman–Crippen LogP) is 7.68. The van der Waals surface area contributed by atoms with Gasteiger partial charge in [-0.1, -0.05) is 36.4 Å². The Morgan fingerprint density at radius 1 is 0.389 bits per heavy atom. The molecule has 6 nitrogen and oxygen atoms in total. The van der Waals surface area contributed by atoms with E-state index in [4.69, 9.17) is 28.8 Å². The van der Waals surface area contributed by atoms with Gasteiger partial charge in [0.05, 0.1) is 32.8 Å². The molecule has 4 heterocycles. The number of hydrogen-bond donors (Lipinski definition) is 0. The maximum Gasteiger partial charge on any atom is 0.163 e. The summed E-state index contributed by atoms with van der Waals surface area (Å²) in [5.41, 5.74) is 9.40. The summed E-state index contributed by atoms with van der Waals surface area (Å²) in [5, 5.41) is 4.07. The maximum absolute atomic E-state index is 6.47. The van der Waals surface area contributed by atoms with E-state index >= 15 is 0 Å². The fourth-order valence-corrected chi connectivity index (χ4v) is 5.39. The molecule has 36 heavy (non-hydrogen) atoms. The zero-order valence-electron chi connectivity index (χ0n) is 18.7. The Hall–Kier alpha value is -5.10. The first-order valence-corrected chi connectivity index (χ1v) is 11.7. The Labute approximate surface area is 201 Å². The predicted molar refractivity (Wildman–Crippen MR) is 142 cm³/mol. The van der Waals surface area contributed by atoms with Crippen LogP contribution in [0.1, 0.15) is 0 Å². The third-order valence-corrected chi connectivity index (χ3v) is 7.00. The van der Waals surface area contributed by atoms with Gasteiger partial charge in [-0.25, -0.2) is 19.9 Å². The highest BCUT2D eigenvalue weighted by molar-refractivity contribution is 6.19. The molecule has 0 bridgehead atoms.